The molecule has 0 atom stereocenters. The second kappa shape index (κ2) is 47.6. The lowest BCUT2D eigenvalue weighted by atomic mass is 10.1. The first-order chi connectivity index (χ1) is 64.7. The fourth-order valence-corrected chi connectivity index (χ4v) is 17.6. The summed E-state index contributed by atoms with van der Waals surface area (Å²) in [6.45, 7) is 31.2. The van der Waals surface area contributed by atoms with Gasteiger partial charge in [0.2, 0.25) is 0 Å². The molecule has 0 saturated carbocycles. The van der Waals surface area contributed by atoms with E-state index in [2.05, 4.69) is 190 Å². The Balaban J connectivity index is 0.000000127. The number of piperidine rings is 2. The Morgan fingerprint density at radius 2 is 0.795 bits per heavy atom. The highest BCUT2D eigenvalue weighted by molar-refractivity contribution is 6.29. The number of likely N-dealkylation sites (tertiary alicyclic amines) is 2. The summed E-state index contributed by atoms with van der Waals surface area (Å²) in [5, 5.41) is 0.307. The number of para-hydroxylation sites is 12. The molecule has 4 aliphatic heterocycles. The minimum absolute atomic E-state index is 0.186. The Morgan fingerprint density at radius 1 is 0.402 bits per heavy atom. The second-order valence-corrected chi connectivity index (χ2v) is 34.1. The van der Waals surface area contributed by atoms with Gasteiger partial charge >= 0.3 is 0 Å². The minimum Gasteiger partial charge on any atom is -0.497 e. The number of hydrogen-bond donors (Lipinski definition) is 0. The number of aromatic nitrogens is 11. The number of benzene rings is 9. The number of rotatable bonds is 31. The maximum absolute atomic E-state index is 12.4. The Hall–Kier alpha value is -12.5. The highest BCUT2D eigenvalue weighted by Crippen LogP contribution is 2.32. The smallest absolute Gasteiger partial charge is 0.272 e. The number of imidazole rings is 5. The zero-order valence-corrected chi connectivity index (χ0v) is 78.2. The van der Waals surface area contributed by atoms with Crippen LogP contribution in [-0.4, -0.2) is 210 Å². The number of ether oxygens (including phenoxy) is 8. The summed E-state index contributed by atoms with van der Waals surface area (Å²) in [7, 11) is 7.01. The van der Waals surface area contributed by atoms with E-state index < -0.39 is 0 Å². The van der Waals surface area contributed by atoms with Crippen LogP contribution in [0, 0.1) is 20.8 Å². The summed E-state index contributed by atoms with van der Waals surface area (Å²) < 4.78 is 57.1. The standard InChI is InChI=1S/C24H29N3O3.C23H29N3O.C22H27N3O2.C21H25N3O2.C16H15ClN4O/c1-3-6-19-9-10-22(23(17-19)28-2)30-16-13-27-21-8-5-4-7-20(21)25-24(27)18-26-11-14-29-15-12-26;1-18-9-8-10-19(2)23(18)27-16-15-26-21-12-5-4-11-20(21)24-22(26)17-25-13-6-3-7-14-25;1-26-18-9-11-19(12-10-18)27-16-15-25-21-8-4-3-7-20(21)23-22(25)17-24-13-5-2-6-14-24;1-17-6-2-5-9-20(17)26-15-12-24-19-8-4-3-7-18(19)22-21(24)16-23-10-13-25-14-11-23;1-20(16(22)12-7-5-9-14(17)18-12)10-15-19-11-6-3-4-8-13(11)21(15)2/h3-5,7-10,17H,1,6,11-16,18H2,2H3;4-5,8-12H,3,6-7,13-17H2,1-2H3;3-4,7-12H,2,5-6,13-17H2,1H3;2-9H,10-16H2,1H3;3-9H,10H2,1-2H3. The van der Waals surface area contributed by atoms with Crippen molar-refractivity contribution >= 4 is 72.7 Å². The maximum Gasteiger partial charge on any atom is 0.272 e. The third-order valence-electron chi connectivity index (χ3n) is 24.5. The van der Waals surface area contributed by atoms with Crippen molar-refractivity contribution in [2.24, 2.45) is 7.05 Å². The fourth-order valence-electron chi connectivity index (χ4n) is 17.4. The average molecular weight is 1800 g/mol. The van der Waals surface area contributed by atoms with E-state index in [9.17, 15) is 4.79 Å². The molecule has 0 spiro atoms. The lowest BCUT2D eigenvalue weighted by Crippen LogP contribution is -2.36. The molecular weight excluding hydrogens is 1680 g/mol. The van der Waals surface area contributed by atoms with E-state index in [1.165, 1.54) is 92.4 Å². The number of carbonyl (C=O) groups excluding carboxylic acids is 1. The topological polar surface area (TPSA) is 209 Å². The lowest BCUT2D eigenvalue weighted by molar-refractivity contribution is 0.0325. The number of pyridine rings is 1. The summed E-state index contributed by atoms with van der Waals surface area (Å²) in [4.78, 5) is 52.0. The molecule has 10 heterocycles. The quantitative estimate of drug-likeness (QED) is 0.0292. The molecule has 6 aromatic heterocycles. The van der Waals surface area contributed by atoms with Crippen LogP contribution >= 0.6 is 11.6 Å². The molecule has 132 heavy (non-hydrogen) atoms. The lowest BCUT2D eigenvalue weighted by Gasteiger charge is -2.26. The third-order valence-corrected chi connectivity index (χ3v) is 24.7. The third kappa shape index (κ3) is 25.2. The minimum atomic E-state index is -0.186. The van der Waals surface area contributed by atoms with Crippen molar-refractivity contribution in [2.45, 2.75) is 125 Å². The molecule has 0 bridgehead atoms. The van der Waals surface area contributed by atoms with E-state index in [4.69, 9.17) is 69.4 Å². The highest BCUT2D eigenvalue weighted by atomic mass is 35.5. The summed E-state index contributed by atoms with van der Waals surface area (Å²) >= 11 is 5.83. The number of allylic oxidation sites excluding steroid dienone is 1. The Kier molecular flexibility index (Phi) is 33.9. The maximum atomic E-state index is 12.4. The second-order valence-electron chi connectivity index (χ2n) is 33.7. The van der Waals surface area contributed by atoms with Crippen LogP contribution in [0.3, 0.4) is 0 Å². The van der Waals surface area contributed by atoms with Crippen molar-refractivity contribution in [3.63, 3.8) is 0 Å². The van der Waals surface area contributed by atoms with Gasteiger partial charge in [-0.3, -0.25) is 24.4 Å². The predicted octanol–water partition coefficient (Wildman–Crippen LogP) is 18.7. The number of amides is 1. The summed E-state index contributed by atoms with van der Waals surface area (Å²) in [5.41, 5.74) is 15.9. The van der Waals surface area contributed by atoms with Crippen LogP contribution in [0.25, 0.3) is 55.2 Å². The molecule has 0 radical (unpaired) electrons. The van der Waals surface area contributed by atoms with Crippen molar-refractivity contribution in [3.8, 4) is 34.5 Å². The summed E-state index contributed by atoms with van der Waals surface area (Å²) in [6, 6.07) is 74.5. The molecule has 4 aliphatic rings. The highest BCUT2D eigenvalue weighted by Gasteiger charge is 2.24. The predicted molar refractivity (Wildman–Crippen MR) is 524 cm³/mol. The number of methoxy groups -OCH3 is 2. The number of fused-ring (bicyclic) bond motifs is 5. The van der Waals surface area contributed by atoms with Gasteiger partial charge < -0.3 is 65.6 Å². The average Bonchev–Trinajstić information content (AvgIpc) is 1.67. The largest absolute Gasteiger partial charge is 0.497 e. The molecule has 4 fully saturated rings. The molecule has 25 nitrogen and oxygen atoms in total. The summed E-state index contributed by atoms with van der Waals surface area (Å²) in [5.74, 6) is 10.3. The molecule has 9 aromatic carbocycles. The molecule has 26 heteroatoms. The molecule has 0 unspecified atom stereocenters. The van der Waals surface area contributed by atoms with E-state index in [0.29, 0.717) is 43.8 Å². The van der Waals surface area contributed by atoms with Gasteiger partial charge in [0.05, 0.1) is 155 Å². The zero-order valence-electron chi connectivity index (χ0n) is 77.5. The Morgan fingerprint density at radius 3 is 1.24 bits per heavy atom. The van der Waals surface area contributed by atoms with Gasteiger partial charge in [-0.15, -0.1) is 6.58 Å². The number of morpholine rings is 2. The van der Waals surface area contributed by atoms with E-state index in [1.807, 2.05) is 109 Å². The van der Waals surface area contributed by atoms with Gasteiger partial charge in [0.15, 0.2) is 11.5 Å². The molecule has 0 N–H and O–H groups in total. The number of carbonyl (C=O) groups is 1. The van der Waals surface area contributed by atoms with Gasteiger partial charge in [0.1, 0.15) is 89.4 Å². The molecule has 4 saturated heterocycles. The SMILES string of the molecule is C=CCc1ccc(OCCn2c(CN3CCOCC3)nc3ccccc32)c(OC)c1.CN(Cc1nc2ccccc2n1C)C(=O)c1cccc(Cl)n1.COc1ccc(OCCn2c(CN3CCCCC3)nc3ccccc32)cc1.Cc1cccc(C)c1OCCn1c(CN2CCCCC2)nc2ccccc21.Cc1ccccc1OCCn1c(CN2CCOCC2)nc2ccccc21. The van der Waals surface area contributed by atoms with Crippen molar-refractivity contribution < 1.29 is 42.7 Å². The van der Waals surface area contributed by atoms with E-state index >= 15 is 0 Å². The van der Waals surface area contributed by atoms with Gasteiger partial charge in [-0.25, -0.2) is 29.9 Å². The number of halogens is 1. The van der Waals surface area contributed by atoms with Crippen molar-refractivity contribution in [1.82, 2.24) is 77.2 Å². The molecule has 1 amide bonds. The molecule has 0 aliphatic carbocycles. The zero-order chi connectivity index (χ0) is 91.3. The number of nitrogens with zero attached hydrogens (tertiary/aromatic N) is 16. The monoisotopic (exact) mass is 1800 g/mol. The fraction of sp³-hybridized carbons (Fsp3) is 0.368. The normalized spacial score (nSPS) is 14.4. The first kappa shape index (κ1) is 94.2. The Bertz CT molecular complexity index is 6200. The molecule has 15 aromatic rings. The van der Waals surface area contributed by atoms with Gasteiger partial charge in [-0.1, -0.05) is 140 Å². The Labute approximate surface area is 780 Å². The van der Waals surface area contributed by atoms with Crippen molar-refractivity contribution in [3.05, 3.63) is 299 Å². The van der Waals surface area contributed by atoms with Gasteiger partial charge in [0, 0.05) is 40.3 Å². The van der Waals surface area contributed by atoms with Crippen LogP contribution in [0.15, 0.2) is 237 Å². The van der Waals surface area contributed by atoms with Crippen LogP contribution in [-0.2, 0) is 81.8 Å². The van der Waals surface area contributed by atoms with Crippen molar-refractivity contribution in [2.75, 3.05) is 126 Å². The van der Waals surface area contributed by atoms with Gasteiger partial charge in [-0.2, -0.15) is 0 Å². The number of aryl methyl sites for hydroxylation is 4. The summed E-state index contributed by atoms with van der Waals surface area (Å²) in [6.07, 6.45) is 10.6. The van der Waals surface area contributed by atoms with E-state index in [0.717, 1.165) is 225 Å². The van der Waals surface area contributed by atoms with E-state index in [-0.39, 0.29) is 5.91 Å². The molecular formula is C106H125ClN16O9. The van der Waals surface area contributed by atoms with Crippen LogP contribution in [0.1, 0.15) is 100 Å². The van der Waals surface area contributed by atoms with Crippen LogP contribution in [0.4, 0.5) is 0 Å². The molecule has 690 valence electrons. The molecule has 19 rings (SSSR count). The van der Waals surface area contributed by atoms with Gasteiger partial charge in [-0.05, 0) is 217 Å². The van der Waals surface area contributed by atoms with Crippen LogP contribution in [0.5, 0.6) is 34.5 Å². The first-order valence-corrected chi connectivity index (χ1v) is 46.7. The van der Waals surface area contributed by atoms with E-state index in [1.54, 1.807) is 44.4 Å². The van der Waals surface area contributed by atoms with Crippen LogP contribution < -0.4 is 28.4 Å². The first-order valence-electron chi connectivity index (χ1n) is 46.4. The van der Waals surface area contributed by atoms with Gasteiger partial charge in [0.25, 0.3) is 5.91 Å². The van der Waals surface area contributed by atoms with Crippen LogP contribution in [0.2, 0.25) is 5.15 Å². The van der Waals surface area contributed by atoms with Crippen molar-refractivity contribution in [1.29, 1.82) is 0 Å². The number of hydrogen-bond acceptors (Lipinski definition) is 19.